The van der Waals surface area contributed by atoms with E-state index >= 15 is 8.78 Å². The molecule has 3 amide bonds. The minimum absolute atomic E-state index is 0.0868. The number of rotatable bonds is 10. The molecule has 5 aromatic rings. The fraction of sp³-hybridized carbons (Fsp3) is 0.558. The molecule has 3 aliphatic heterocycles. The second kappa shape index (κ2) is 16.7. The maximum absolute atomic E-state index is 16.2. The minimum atomic E-state index is -3.10. The lowest BCUT2D eigenvalue weighted by Gasteiger charge is -2.44. The molecule has 9 rings (SSSR count). The summed E-state index contributed by atoms with van der Waals surface area (Å²) in [6.45, 7) is 4.10. The van der Waals surface area contributed by atoms with Crippen molar-refractivity contribution in [3.05, 3.63) is 64.6 Å². The van der Waals surface area contributed by atoms with Gasteiger partial charge >= 0.3 is 5.69 Å². The average Bonchev–Trinajstić information content (AvgIpc) is 3.95. The first kappa shape index (κ1) is 42.5. The van der Waals surface area contributed by atoms with Crippen LogP contribution in [0.4, 0.5) is 34.8 Å². The van der Waals surface area contributed by atoms with E-state index < -0.39 is 60.1 Å². The maximum Gasteiger partial charge on any atom is 0.329 e. The minimum Gasteiger partial charge on any atom is -0.364 e. The van der Waals surface area contributed by atoms with E-state index in [1.807, 2.05) is 6.07 Å². The summed E-state index contributed by atoms with van der Waals surface area (Å²) in [6.07, 6.45) is 6.68. The Labute approximate surface area is 360 Å². The number of halogens is 4. The fourth-order valence-corrected chi connectivity index (χ4v) is 10.2. The molecule has 4 aromatic heterocycles. The number of piperidine rings is 3. The zero-order valence-corrected chi connectivity index (χ0v) is 35.5. The van der Waals surface area contributed by atoms with Crippen LogP contribution in [0.5, 0.6) is 0 Å². The fourth-order valence-electron chi connectivity index (χ4n) is 10.2. The largest absolute Gasteiger partial charge is 0.364 e. The normalized spacial score (nSPS) is 23.6. The van der Waals surface area contributed by atoms with Crippen LogP contribution in [0.15, 0.2) is 47.7 Å². The van der Waals surface area contributed by atoms with E-state index in [2.05, 4.69) is 32.7 Å². The van der Waals surface area contributed by atoms with E-state index in [0.717, 1.165) is 31.7 Å². The first-order valence-corrected chi connectivity index (χ1v) is 21.8. The molecule has 0 radical (unpaired) electrons. The number of para-hydroxylation sites is 1. The van der Waals surface area contributed by atoms with Gasteiger partial charge in [0.25, 0.3) is 18.3 Å². The number of carbonyl (C=O) groups is 3. The van der Waals surface area contributed by atoms with Gasteiger partial charge in [-0.25, -0.2) is 31.9 Å². The van der Waals surface area contributed by atoms with Gasteiger partial charge in [-0.3, -0.25) is 38.4 Å². The Hall–Kier alpha value is -5.79. The number of hydrogen-bond donors (Lipinski definition) is 2. The Balaban J connectivity index is 0.825. The Morgan fingerprint density at radius 1 is 1.00 bits per heavy atom. The molecule has 7 heterocycles. The third-order valence-corrected chi connectivity index (χ3v) is 13.7. The molecule has 0 bridgehead atoms. The van der Waals surface area contributed by atoms with Crippen molar-refractivity contribution < 1.29 is 31.9 Å². The highest BCUT2D eigenvalue weighted by Crippen LogP contribution is 2.39. The first-order valence-electron chi connectivity index (χ1n) is 21.8. The SMILES string of the molecule is CC1CCN(c2ccn3ncc(C(=O)Nc4cn(C5CCC(CN(C)C6CCN(c7cccc8c7n(C)c(=O)n8C7CCC(=O)NC7=O)CC6(F)F)CC5)nc4C(F)F)c3n2)CC1. The molecule has 0 spiro atoms. The van der Waals surface area contributed by atoms with Crippen molar-refractivity contribution in [2.24, 2.45) is 18.9 Å². The standard InChI is InChI=1S/C43H52F4N12O4/c1-25-13-17-55(18-14-25)34-16-20-57-39(50-34)28(21-48-57)40(61)49-29-23-58(52-36(29)38(44)45)27-9-7-26(8-10-27)22-53(2)33-15-19-56(24-43(33,46)47)30-5-4-6-31-37(30)54(3)42(63)59(31)32-11-12-35(60)51-41(32)62/h4-6,16,20-21,23,25-27,32-33,38H,7-15,17-19,22,24H2,1-3H3,(H,49,61)(H,51,60,62). The summed E-state index contributed by atoms with van der Waals surface area (Å²) in [5.41, 5.74) is 0.746. The predicted molar refractivity (Wildman–Crippen MR) is 227 cm³/mol. The van der Waals surface area contributed by atoms with Gasteiger partial charge in [0.2, 0.25) is 11.8 Å². The summed E-state index contributed by atoms with van der Waals surface area (Å²) in [6, 6.07) is 4.80. The number of alkyl halides is 4. The van der Waals surface area contributed by atoms with E-state index in [1.54, 1.807) is 48.3 Å². The van der Waals surface area contributed by atoms with E-state index in [4.69, 9.17) is 4.98 Å². The summed E-state index contributed by atoms with van der Waals surface area (Å²) in [4.78, 5) is 61.7. The topological polar surface area (TPSA) is 160 Å². The Morgan fingerprint density at radius 3 is 2.46 bits per heavy atom. The van der Waals surface area contributed by atoms with Crippen LogP contribution in [0.2, 0.25) is 0 Å². The third kappa shape index (κ3) is 8.05. The number of fused-ring (bicyclic) bond motifs is 2. The Kier molecular flexibility index (Phi) is 11.3. The molecule has 63 heavy (non-hydrogen) atoms. The van der Waals surface area contributed by atoms with Gasteiger partial charge in [-0.15, -0.1) is 0 Å². The average molecular weight is 877 g/mol. The van der Waals surface area contributed by atoms with Crippen molar-refractivity contribution in [2.75, 3.05) is 54.9 Å². The van der Waals surface area contributed by atoms with Crippen LogP contribution < -0.4 is 26.1 Å². The highest BCUT2D eigenvalue weighted by molar-refractivity contribution is 6.08. The smallest absolute Gasteiger partial charge is 0.329 e. The molecule has 336 valence electrons. The van der Waals surface area contributed by atoms with Crippen molar-refractivity contribution in [2.45, 2.75) is 95.2 Å². The van der Waals surface area contributed by atoms with E-state index in [1.165, 1.54) is 30.7 Å². The Bertz CT molecular complexity index is 2600. The first-order chi connectivity index (χ1) is 30.2. The molecule has 2 N–H and O–H groups in total. The molecule has 1 saturated carbocycles. The van der Waals surface area contributed by atoms with Crippen LogP contribution in [-0.2, 0) is 16.6 Å². The van der Waals surface area contributed by atoms with Gasteiger partial charge in [0, 0.05) is 52.0 Å². The molecule has 2 atom stereocenters. The molecule has 1 aliphatic carbocycles. The summed E-state index contributed by atoms with van der Waals surface area (Å²) in [7, 11) is 3.27. The molecular formula is C43H52F4N12O4. The summed E-state index contributed by atoms with van der Waals surface area (Å²) < 4.78 is 66.7. The highest BCUT2D eigenvalue weighted by atomic mass is 19.3. The van der Waals surface area contributed by atoms with Crippen molar-refractivity contribution in [1.82, 2.24) is 43.7 Å². The van der Waals surface area contributed by atoms with Gasteiger partial charge in [0.1, 0.15) is 17.4 Å². The maximum atomic E-state index is 16.2. The molecule has 3 saturated heterocycles. The molecular weight excluding hydrogens is 825 g/mol. The van der Waals surface area contributed by atoms with Gasteiger partial charge in [0.05, 0.1) is 47.2 Å². The highest BCUT2D eigenvalue weighted by Gasteiger charge is 2.47. The van der Waals surface area contributed by atoms with Crippen LogP contribution in [0.1, 0.15) is 99.3 Å². The second-order valence-corrected chi connectivity index (χ2v) is 17.9. The van der Waals surface area contributed by atoms with Crippen LogP contribution in [-0.4, -0.2) is 108 Å². The number of imide groups is 1. The van der Waals surface area contributed by atoms with Crippen LogP contribution >= 0.6 is 0 Å². The van der Waals surface area contributed by atoms with Crippen molar-refractivity contribution in [3.63, 3.8) is 0 Å². The number of benzene rings is 1. The molecule has 4 fully saturated rings. The van der Waals surface area contributed by atoms with Gasteiger partial charge in [-0.05, 0) is 88.4 Å². The second-order valence-electron chi connectivity index (χ2n) is 17.9. The number of anilines is 3. The predicted octanol–water partition coefficient (Wildman–Crippen LogP) is 5.56. The van der Waals surface area contributed by atoms with Gasteiger partial charge in [0.15, 0.2) is 11.3 Å². The van der Waals surface area contributed by atoms with Crippen molar-refractivity contribution in [1.29, 1.82) is 0 Å². The van der Waals surface area contributed by atoms with Crippen LogP contribution in [0, 0.1) is 11.8 Å². The van der Waals surface area contributed by atoms with E-state index in [-0.39, 0.29) is 42.5 Å². The van der Waals surface area contributed by atoms with Crippen LogP contribution in [0.25, 0.3) is 16.7 Å². The number of imidazole rings is 1. The number of hydrogen-bond acceptors (Lipinski definition) is 10. The van der Waals surface area contributed by atoms with Crippen molar-refractivity contribution in [3.8, 4) is 0 Å². The molecule has 1 aromatic carbocycles. The van der Waals surface area contributed by atoms with Gasteiger partial charge in [-0.2, -0.15) is 10.2 Å². The van der Waals surface area contributed by atoms with E-state index in [0.29, 0.717) is 67.1 Å². The van der Waals surface area contributed by atoms with Gasteiger partial charge < -0.3 is 15.1 Å². The lowest BCUT2D eigenvalue weighted by Crippen LogP contribution is -2.58. The molecule has 2 unspecified atom stereocenters. The summed E-state index contributed by atoms with van der Waals surface area (Å²) >= 11 is 0. The van der Waals surface area contributed by atoms with Gasteiger partial charge in [-0.1, -0.05) is 13.0 Å². The van der Waals surface area contributed by atoms with Crippen molar-refractivity contribution >= 4 is 51.6 Å². The number of amides is 3. The zero-order chi connectivity index (χ0) is 44.3. The van der Waals surface area contributed by atoms with Crippen LogP contribution in [0.3, 0.4) is 0 Å². The molecule has 16 nitrogen and oxygen atoms in total. The summed E-state index contributed by atoms with van der Waals surface area (Å²) in [5.74, 6) is -3.24. The Morgan fingerprint density at radius 2 is 1.75 bits per heavy atom. The zero-order valence-electron chi connectivity index (χ0n) is 35.5. The number of nitrogens with zero attached hydrogens (tertiary/aromatic N) is 10. The lowest BCUT2D eigenvalue weighted by atomic mass is 9.85. The number of carbonyl (C=O) groups excluding carboxylic acids is 3. The number of aromatic nitrogens is 7. The molecule has 4 aliphatic rings. The third-order valence-electron chi connectivity index (χ3n) is 13.7. The number of nitrogens with one attached hydrogen (secondary N) is 2. The number of aryl methyl sites for hydroxylation is 1. The summed E-state index contributed by atoms with van der Waals surface area (Å²) in [5, 5.41) is 13.4. The monoisotopic (exact) mass is 876 g/mol. The van der Waals surface area contributed by atoms with E-state index in [9.17, 15) is 28.0 Å². The lowest BCUT2D eigenvalue weighted by molar-refractivity contribution is -0.135. The molecule has 20 heteroatoms. The quantitative estimate of drug-likeness (QED) is 0.134.